The van der Waals surface area contributed by atoms with E-state index in [0.717, 1.165) is 43.9 Å². The lowest BCUT2D eigenvalue weighted by molar-refractivity contribution is 0.248. The molecule has 1 aliphatic rings. The monoisotopic (exact) mass is 335 g/mol. The molecule has 0 N–H and O–H groups in total. The van der Waals surface area contributed by atoms with Crippen molar-refractivity contribution < 1.29 is 4.74 Å². The number of hydrogen-bond acceptors (Lipinski definition) is 4. The van der Waals surface area contributed by atoms with Crippen molar-refractivity contribution >= 4 is 5.82 Å². The van der Waals surface area contributed by atoms with Gasteiger partial charge in [-0.3, -0.25) is 0 Å². The van der Waals surface area contributed by atoms with E-state index in [0.29, 0.717) is 5.92 Å². The SMILES string of the molecule is CCc1ccc(N(Cc2ccc(OC)cc2)CC2CC(C#N)C2)nc1. The van der Waals surface area contributed by atoms with Gasteiger partial charge in [0.15, 0.2) is 0 Å². The van der Waals surface area contributed by atoms with Crippen LogP contribution in [-0.2, 0) is 13.0 Å². The Morgan fingerprint density at radius 1 is 1.16 bits per heavy atom. The van der Waals surface area contributed by atoms with E-state index >= 15 is 0 Å². The van der Waals surface area contributed by atoms with Gasteiger partial charge in [0.25, 0.3) is 0 Å². The molecule has 0 radical (unpaired) electrons. The Balaban J connectivity index is 1.74. The van der Waals surface area contributed by atoms with Gasteiger partial charge in [0.2, 0.25) is 0 Å². The number of nitriles is 1. The van der Waals surface area contributed by atoms with Crippen LogP contribution < -0.4 is 9.64 Å². The molecule has 0 spiro atoms. The molecule has 0 aliphatic heterocycles. The molecular formula is C21H25N3O. The molecule has 1 aliphatic carbocycles. The van der Waals surface area contributed by atoms with Crippen molar-refractivity contribution in [3.63, 3.8) is 0 Å². The van der Waals surface area contributed by atoms with E-state index < -0.39 is 0 Å². The second kappa shape index (κ2) is 8.02. The summed E-state index contributed by atoms with van der Waals surface area (Å²) in [6.07, 6.45) is 4.97. The molecule has 1 aromatic heterocycles. The van der Waals surface area contributed by atoms with Gasteiger partial charge in [0.05, 0.1) is 13.2 Å². The topological polar surface area (TPSA) is 49.1 Å². The van der Waals surface area contributed by atoms with Crippen molar-refractivity contribution in [3.8, 4) is 11.8 Å². The molecule has 0 amide bonds. The summed E-state index contributed by atoms with van der Waals surface area (Å²) in [5.74, 6) is 2.70. The van der Waals surface area contributed by atoms with Gasteiger partial charge in [0.1, 0.15) is 11.6 Å². The van der Waals surface area contributed by atoms with Crippen molar-refractivity contribution in [2.24, 2.45) is 11.8 Å². The van der Waals surface area contributed by atoms with Gasteiger partial charge >= 0.3 is 0 Å². The number of aryl methyl sites for hydroxylation is 1. The Labute approximate surface area is 150 Å². The minimum Gasteiger partial charge on any atom is -0.497 e. The van der Waals surface area contributed by atoms with E-state index in [9.17, 15) is 0 Å². The van der Waals surface area contributed by atoms with Crippen LogP contribution in [0, 0.1) is 23.2 Å². The molecule has 3 rings (SSSR count). The van der Waals surface area contributed by atoms with E-state index in [-0.39, 0.29) is 5.92 Å². The van der Waals surface area contributed by atoms with Crippen molar-refractivity contribution in [1.29, 1.82) is 5.26 Å². The number of hydrogen-bond donors (Lipinski definition) is 0. The highest BCUT2D eigenvalue weighted by atomic mass is 16.5. The summed E-state index contributed by atoms with van der Waals surface area (Å²) in [5, 5.41) is 9.01. The van der Waals surface area contributed by atoms with Gasteiger partial charge in [-0.05, 0) is 54.5 Å². The molecule has 1 aromatic carbocycles. The van der Waals surface area contributed by atoms with Crippen LogP contribution in [0.5, 0.6) is 5.75 Å². The molecule has 0 saturated heterocycles. The maximum atomic E-state index is 9.01. The molecule has 1 fully saturated rings. The third-order valence-corrected chi connectivity index (χ3v) is 4.97. The van der Waals surface area contributed by atoms with Crippen LogP contribution in [0.4, 0.5) is 5.82 Å². The number of benzene rings is 1. The van der Waals surface area contributed by atoms with Crippen molar-refractivity contribution in [2.75, 3.05) is 18.6 Å². The molecule has 130 valence electrons. The van der Waals surface area contributed by atoms with E-state index in [4.69, 9.17) is 10.00 Å². The lowest BCUT2D eigenvalue weighted by Gasteiger charge is -2.36. The third-order valence-electron chi connectivity index (χ3n) is 4.97. The molecule has 1 heterocycles. The van der Waals surface area contributed by atoms with Crippen molar-refractivity contribution in [1.82, 2.24) is 4.98 Å². The second-order valence-corrected chi connectivity index (χ2v) is 6.77. The Morgan fingerprint density at radius 2 is 1.88 bits per heavy atom. The molecule has 0 unspecified atom stereocenters. The number of ether oxygens (including phenoxy) is 1. The highest BCUT2D eigenvalue weighted by molar-refractivity contribution is 5.41. The fourth-order valence-corrected chi connectivity index (χ4v) is 3.31. The summed E-state index contributed by atoms with van der Waals surface area (Å²) in [5.41, 5.74) is 2.49. The van der Waals surface area contributed by atoms with Crippen molar-refractivity contribution in [2.45, 2.75) is 32.7 Å². The molecule has 4 nitrogen and oxygen atoms in total. The van der Waals surface area contributed by atoms with E-state index in [1.54, 1.807) is 7.11 Å². The zero-order valence-corrected chi connectivity index (χ0v) is 15.0. The summed E-state index contributed by atoms with van der Waals surface area (Å²) in [7, 11) is 1.68. The minimum atomic E-state index is 0.239. The summed E-state index contributed by atoms with van der Waals surface area (Å²) >= 11 is 0. The number of pyridine rings is 1. The van der Waals surface area contributed by atoms with E-state index in [1.807, 2.05) is 18.3 Å². The lowest BCUT2D eigenvalue weighted by atomic mass is 9.75. The number of methoxy groups -OCH3 is 1. The molecular weight excluding hydrogens is 310 g/mol. The van der Waals surface area contributed by atoms with Gasteiger partial charge in [-0.1, -0.05) is 25.1 Å². The highest BCUT2D eigenvalue weighted by Crippen LogP contribution is 2.34. The smallest absolute Gasteiger partial charge is 0.128 e. The Bertz CT molecular complexity index is 712. The normalized spacial score (nSPS) is 18.9. The zero-order chi connectivity index (χ0) is 17.6. The second-order valence-electron chi connectivity index (χ2n) is 6.77. The van der Waals surface area contributed by atoms with Crippen LogP contribution in [0.15, 0.2) is 42.6 Å². The van der Waals surface area contributed by atoms with Crippen LogP contribution in [0.2, 0.25) is 0 Å². The molecule has 2 aromatic rings. The predicted octanol–water partition coefficient (Wildman–Crippen LogP) is 4.21. The van der Waals surface area contributed by atoms with Crippen molar-refractivity contribution in [3.05, 3.63) is 53.7 Å². The van der Waals surface area contributed by atoms with Crippen LogP contribution >= 0.6 is 0 Å². The van der Waals surface area contributed by atoms with Crippen LogP contribution in [0.3, 0.4) is 0 Å². The fourth-order valence-electron chi connectivity index (χ4n) is 3.31. The van der Waals surface area contributed by atoms with Gasteiger partial charge in [0, 0.05) is 25.2 Å². The number of anilines is 1. The first kappa shape index (κ1) is 17.3. The average molecular weight is 335 g/mol. The number of nitrogens with zero attached hydrogens (tertiary/aromatic N) is 3. The fraction of sp³-hybridized carbons (Fsp3) is 0.429. The Hall–Kier alpha value is -2.54. The average Bonchev–Trinajstić information content (AvgIpc) is 2.64. The summed E-state index contributed by atoms with van der Waals surface area (Å²) in [6.45, 7) is 3.90. The van der Waals surface area contributed by atoms with E-state index in [1.165, 1.54) is 11.1 Å². The predicted molar refractivity (Wildman–Crippen MR) is 99.5 cm³/mol. The molecule has 0 atom stereocenters. The van der Waals surface area contributed by atoms with Gasteiger partial charge in [-0.15, -0.1) is 0 Å². The van der Waals surface area contributed by atoms with Gasteiger partial charge in [-0.2, -0.15) is 5.26 Å². The van der Waals surface area contributed by atoms with Crippen LogP contribution in [0.1, 0.15) is 30.9 Å². The maximum Gasteiger partial charge on any atom is 0.128 e. The molecule has 4 heteroatoms. The first-order valence-electron chi connectivity index (χ1n) is 8.94. The molecule has 0 bridgehead atoms. The number of rotatable bonds is 7. The quantitative estimate of drug-likeness (QED) is 0.760. The van der Waals surface area contributed by atoms with Gasteiger partial charge < -0.3 is 9.64 Å². The van der Waals surface area contributed by atoms with Gasteiger partial charge in [-0.25, -0.2) is 4.98 Å². The maximum absolute atomic E-state index is 9.01. The zero-order valence-electron chi connectivity index (χ0n) is 15.0. The minimum absolute atomic E-state index is 0.239. The third kappa shape index (κ3) is 4.30. The summed E-state index contributed by atoms with van der Waals surface area (Å²) < 4.78 is 5.24. The standard InChI is InChI=1S/C21H25N3O/c1-3-16-6-9-21(23-13-16)24(15-19-10-18(11-19)12-22)14-17-4-7-20(25-2)8-5-17/h4-9,13,18-19H,3,10-11,14-15H2,1-2H3. The lowest BCUT2D eigenvalue weighted by Crippen LogP contribution is -2.36. The Morgan fingerprint density at radius 3 is 2.44 bits per heavy atom. The first-order chi connectivity index (χ1) is 12.2. The highest BCUT2D eigenvalue weighted by Gasteiger charge is 2.30. The van der Waals surface area contributed by atoms with Crippen LogP contribution in [0.25, 0.3) is 0 Å². The largest absolute Gasteiger partial charge is 0.497 e. The van der Waals surface area contributed by atoms with Crippen LogP contribution in [-0.4, -0.2) is 18.6 Å². The van der Waals surface area contributed by atoms with E-state index in [2.05, 4.69) is 47.1 Å². The first-order valence-corrected chi connectivity index (χ1v) is 8.94. The summed E-state index contributed by atoms with van der Waals surface area (Å²) in [6, 6.07) is 14.8. The molecule has 1 saturated carbocycles. The Kier molecular flexibility index (Phi) is 5.55. The summed E-state index contributed by atoms with van der Waals surface area (Å²) in [4.78, 5) is 7.00. The molecule has 25 heavy (non-hydrogen) atoms. The number of aromatic nitrogens is 1.